The molecular weight excluding hydrogens is 218 g/mol. The van der Waals surface area contributed by atoms with Crippen LogP contribution >= 0.6 is 0 Å². The zero-order valence-electron chi connectivity index (χ0n) is 9.66. The van der Waals surface area contributed by atoms with E-state index in [9.17, 15) is 4.79 Å². The number of rotatable bonds is 1. The van der Waals surface area contributed by atoms with Crippen LogP contribution in [0.5, 0.6) is 0 Å². The van der Waals surface area contributed by atoms with Crippen molar-refractivity contribution in [2.45, 2.75) is 26.2 Å². The Balaban J connectivity index is 2.55. The summed E-state index contributed by atoms with van der Waals surface area (Å²) in [5.74, 6) is -0.0632. The third kappa shape index (κ3) is 2.35. The van der Waals surface area contributed by atoms with Crippen molar-refractivity contribution in [3.8, 4) is 0 Å². The van der Waals surface area contributed by atoms with Crippen LogP contribution in [-0.2, 0) is 6.42 Å². The van der Waals surface area contributed by atoms with Gasteiger partial charge in [-0.1, -0.05) is 0 Å². The predicted molar refractivity (Wildman–Crippen MR) is 67.1 cm³/mol. The zero-order chi connectivity index (χ0) is 12.4. The Morgan fingerprint density at radius 3 is 2.88 bits per heavy atom. The largest absolute Gasteiger partial charge is 0.369 e. The topological polar surface area (TPSA) is 110 Å². The van der Waals surface area contributed by atoms with Gasteiger partial charge in [0.05, 0.1) is 5.71 Å². The Labute approximate surface area is 98.4 Å². The van der Waals surface area contributed by atoms with E-state index in [0.29, 0.717) is 0 Å². The van der Waals surface area contributed by atoms with E-state index >= 15 is 0 Å². The quantitative estimate of drug-likeness (QED) is 0.360. The number of aromatic nitrogens is 1. The van der Waals surface area contributed by atoms with Crippen LogP contribution < -0.4 is 17.0 Å². The minimum atomic E-state index is -0.0793. The summed E-state index contributed by atoms with van der Waals surface area (Å²) in [5, 5.41) is 7.73. The molecule has 1 heterocycles. The van der Waals surface area contributed by atoms with Gasteiger partial charge >= 0.3 is 0 Å². The van der Waals surface area contributed by atoms with E-state index in [4.69, 9.17) is 11.5 Å². The van der Waals surface area contributed by atoms with Gasteiger partial charge in [-0.25, -0.2) is 0 Å². The highest BCUT2D eigenvalue weighted by atomic mass is 16.1. The molecule has 1 aromatic rings. The lowest BCUT2D eigenvalue weighted by molar-refractivity contribution is 0.797. The average molecular weight is 233 g/mol. The van der Waals surface area contributed by atoms with E-state index in [-0.39, 0.29) is 11.5 Å². The number of nitrogens with two attached hydrogens (primary N) is 2. The normalized spacial score (nSPS) is 16.6. The van der Waals surface area contributed by atoms with Gasteiger partial charge in [-0.05, 0) is 31.7 Å². The van der Waals surface area contributed by atoms with Crippen LogP contribution in [0, 0.1) is 6.92 Å². The van der Waals surface area contributed by atoms with Crippen molar-refractivity contribution in [3.63, 3.8) is 0 Å². The fraction of sp³-hybridized carbons (Fsp3) is 0.364. The maximum atomic E-state index is 11.4. The highest BCUT2D eigenvalue weighted by molar-refractivity contribution is 6.03. The van der Waals surface area contributed by atoms with Crippen LogP contribution in [0.15, 0.2) is 21.1 Å². The zero-order valence-corrected chi connectivity index (χ0v) is 9.66. The van der Waals surface area contributed by atoms with E-state index in [2.05, 4.69) is 15.2 Å². The number of fused-ring (bicyclic) bond motifs is 1. The second kappa shape index (κ2) is 4.40. The number of nitrogens with zero attached hydrogens (tertiary/aromatic N) is 2. The van der Waals surface area contributed by atoms with Crippen LogP contribution in [0.1, 0.15) is 29.7 Å². The summed E-state index contributed by atoms with van der Waals surface area (Å²) in [5.41, 5.74) is 14.1. The molecule has 5 N–H and O–H groups in total. The standard InChI is InChI=1S/C11H15N5O/c1-6-5-9(17)14-7-3-2-4-8(10(6)7)15-16-11(12)13/h5H,2-4H2,1H3,(H,14,17)(H4,12,13,16). The van der Waals surface area contributed by atoms with Crippen molar-refractivity contribution in [2.24, 2.45) is 21.7 Å². The fourth-order valence-corrected chi connectivity index (χ4v) is 2.12. The minimum Gasteiger partial charge on any atom is -0.369 e. The van der Waals surface area contributed by atoms with Crippen LogP contribution in [0.4, 0.5) is 0 Å². The number of H-pyrrole nitrogens is 1. The summed E-state index contributed by atoms with van der Waals surface area (Å²) < 4.78 is 0. The van der Waals surface area contributed by atoms with Crippen molar-refractivity contribution in [1.29, 1.82) is 0 Å². The van der Waals surface area contributed by atoms with Crippen LogP contribution in [0.2, 0.25) is 0 Å². The Kier molecular flexibility index (Phi) is 2.95. The lowest BCUT2D eigenvalue weighted by Crippen LogP contribution is -2.23. The Bertz CT molecular complexity index is 551. The number of hydrogen-bond acceptors (Lipinski definition) is 3. The molecule has 0 saturated carbocycles. The molecule has 0 aliphatic heterocycles. The third-order valence-corrected chi connectivity index (χ3v) is 2.73. The molecule has 6 heteroatoms. The summed E-state index contributed by atoms with van der Waals surface area (Å²) in [6, 6.07) is 1.56. The first-order chi connectivity index (χ1) is 8.08. The molecule has 0 spiro atoms. The molecule has 0 aromatic carbocycles. The van der Waals surface area contributed by atoms with Gasteiger partial charge in [0.1, 0.15) is 0 Å². The monoisotopic (exact) mass is 233 g/mol. The molecule has 1 aromatic heterocycles. The smallest absolute Gasteiger partial charge is 0.248 e. The molecular formula is C11H15N5O. The van der Waals surface area contributed by atoms with Crippen LogP contribution in [0.3, 0.4) is 0 Å². The van der Waals surface area contributed by atoms with Gasteiger partial charge < -0.3 is 16.5 Å². The number of hydrogen-bond donors (Lipinski definition) is 3. The molecule has 0 unspecified atom stereocenters. The van der Waals surface area contributed by atoms with Gasteiger partial charge in [-0.2, -0.15) is 5.10 Å². The maximum absolute atomic E-state index is 11.4. The van der Waals surface area contributed by atoms with Crippen molar-refractivity contribution in [2.75, 3.05) is 0 Å². The summed E-state index contributed by atoms with van der Waals surface area (Å²) in [7, 11) is 0. The molecule has 6 nitrogen and oxygen atoms in total. The van der Waals surface area contributed by atoms with E-state index in [0.717, 1.165) is 41.8 Å². The van der Waals surface area contributed by atoms with Gasteiger partial charge in [0.2, 0.25) is 11.5 Å². The van der Waals surface area contributed by atoms with Crippen molar-refractivity contribution < 1.29 is 0 Å². The van der Waals surface area contributed by atoms with E-state index in [1.54, 1.807) is 6.07 Å². The molecule has 1 aliphatic carbocycles. The molecule has 2 rings (SSSR count). The molecule has 1 aliphatic rings. The third-order valence-electron chi connectivity index (χ3n) is 2.73. The predicted octanol–water partition coefficient (Wildman–Crippen LogP) is -0.00288. The second-order valence-corrected chi connectivity index (χ2v) is 4.10. The highest BCUT2D eigenvalue weighted by Gasteiger charge is 2.18. The molecule has 17 heavy (non-hydrogen) atoms. The minimum absolute atomic E-state index is 0.0632. The van der Waals surface area contributed by atoms with Gasteiger partial charge in [0.15, 0.2) is 0 Å². The number of aryl methyl sites for hydroxylation is 2. The van der Waals surface area contributed by atoms with Crippen LogP contribution in [-0.4, -0.2) is 16.7 Å². The number of aromatic amines is 1. The summed E-state index contributed by atoms with van der Waals surface area (Å²) in [6.45, 7) is 1.89. The van der Waals surface area contributed by atoms with E-state index in [1.165, 1.54) is 0 Å². The average Bonchev–Trinajstić information content (AvgIpc) is 2.25. The lowest BCUT2D eigenvalue weighted by atomic mass is 9.91. The van der Waals surface area contributed by atoms with Gasteiger partial charge in [-0.3, -0.25) is 4.79 Å². The van der Waals surface area contributed by atoms with Crippen molar-refractivity contribution in [3.05, 3.63) is 33.2 Å². The second-order valence-electron chi connectivity index (χ2n) is 4.10. The van der Waals surface area contributed by atoms with Gasteiger partial charge in [0, 0.05) is 17.3 Å². The fourth-order valence-electron chi connectivity index (χ4n) is 2.12. The molecule has 0 saturated heterocycles. The molecule has 90 valence electrons. The lowest BCUT2D eigenvalue weighted by Gasteiger charge is -2.18. The number of guanidine groups is 1. The van der Waals surface area contributed by atoms with Gasteiger partial charge in [0.25, 0.3) is 0 Å². The molecule has 0 bridgehead atoms. The maximum Gasteiger partial charge on any atom is 0.248 e. The Morgan fingerprint density at radius 1 is 1.41 bits per heavy atom. The van der Waals surface area contributed by atoms with E-state index in [1.807, 2.05) is 6.92 Å². The number of nitrogens with one attached hydrogen (secondary N) is 1. The van der Waals surface area contributed by atoms with Crippen molar-refractivity contribution >= 4 is 11.7 Å². The van der Waals surface area contributed by atoms with E-state index < -0.39 is 0 Å². The van der Waals surface area contributed by atoms with Crippen LogP contribution in [0.25, 0.3) is 0 Å². The summed E-state index contributed by atoms with van der Waals surface area (Å²) >= 11 is 0. The number of pyridine rings is 1. The molecule has 0 radical (unpaired) electrons. The summed E-state index contributed by atoms with van der Waals surface area (Å²) in [6.07, 6.45) is 2.61. The first kappa shape index (κ1) is 11.4. The Morgan fingerprint density at radius 2 is 2.18 bits per heavy atom. The summed E-state index contributed by atoms with van der Waals surface area (Å²) in [4.78, 5) is 14.2. The molecule has 0 atom stereocenters. The first-order valence-electron chi connectivity index (χ1n) is 5.46. The molecule has 0 fully saturated rings. The van der Waals surface area contributed by atoms with Gasteiger partial charge in [-0.15, -0.1) is 5.10 Å². The first-order valence-corrected chi connectivity index (χ1v) is 5.46. The highest BCUT2D eigenvalue weighted by Crippen LogP contribution is 2.21. The van der Waals surface area contributed by atoms with Crippen molar-refractivity contribution in [1.82, 2.24) is 4.98 Å². The Hall–Kier alpha value is -2.11. The SMILES string of the molecule is Cc1cc(=O)[nH]c2c1C(=NN=C(N)N)CCC2. The molecule has 0 amide bonds.